The number of hydrogen-bond acceptors (Lipinski definition) is 9. The minimum absolute atomic E-state index is 0.160. The van der Waals surface area contributed by atoms with Gasteiger partial charge in [-0.3, -0.25) is 24.3 Å². The van der Waals surface area contributed by atoms with E-state index in [1.807, 2.05) is 0 Å². The van der Waals surface area contributed by atoms with Crippen molar-refractivity contribution in [3.63, 3.8) is 0 Å². The highest BCUT2D eigenvalue weighted by Crippen LogP contribution is 2.39. The highest BCUT2D eigenvalue weighted by atomic mass is 32.2. The number of carbonyl (C=O) groups excluding carboxylic acids is 2. The van der Waals surface area contributed by atoms with Crippen LogP contribution in [0.2, 0.25) is 0 Å². The van der Waals surface area contributed by atoms with Gasteiger partial charge in [-0.05, 0) is 18.2 Å². The van der Waals surface area contributed by atoms with Crippen molar-refractivity contribution in [2.45, 2.75) is 10.9 Å². The Morgan fingerprint density at radius 1 is 1.18 bits per heavy atom. The Morgan fingerprint density at radius 2 is 1.86 bits per heavy atom. The van der Waals surface area contributed by atoms with Crippen LogP contribution in [-0.4, -0.2) is 40.7 Å². The number of phenolic OH excluding ortho intramolecular Hbond substituents is 1. The van der Waals surface area contributed by atoms with Gasteiger partial charge in [0.1, 0.15) is 10.6 Å². The van der Waals surface area contributed by atoms with Crippen LogP contribution in [0.1, 0.15) is 10.4 Å². The molecule has 1 aliphatic heterocycles. The zero-order valence-electron chi connectivity index (χ0n) is 13.6. The van der Waals surface area contributed by atoms with Crippen LogP contribution in [0.4, 0.5) is 17.1 Å². The lowest BCUT2D eigenvalue weighted by Crippen LogP contribution is -2.38. The maximum Gasteiger partial charge on any atom is 0.314 e. The molecule has 13 heteroatoms. The van der Waals surface area contributed by atoms with Crippen molar-refractivity contribution in [1.82, 2.24) is 0 Å². The molecule has 0 bridgehead atoms. The number of rotatable bonds is 4. The zero-order chi connectivity index (χ0) is 20.6. The van der Waals surface area contributed by atoms with Gasteiger partial charge in [-0.25, -0.2) is 0 Å². The van der Waals surface area contributed by atoms with Crippen LogP contribution in [-0.2, 0) is 14.9 Å². The number of nitrogens with zero attached hydrogens (tertiary/aromatic N) is 3. The molecule has 0 saturated heterocycles. The lowest BCUT2D eigenvalue weighted by molar-refractivity contribution is -0.386. The number of anilines is 1. The number of aromatic hydroxyl groups is 1. The van der Waals surface area contributed by atoms with Crippen LogP contribution in [0, 0.1) is 10.1 Å². The highest BCUT2D eigenvalue weighted by molar-refractivity contribution is 7.85. The van der Waals surface area contributed by atoms with Crippen molar-refractivity contribution in [2.24, 2.45) is 10.2 Å². The topological polar surface area (TPSA) is 189 Å². The Balaban J connectivity index is 2.05. The van der Waals surface area contributed by atoms with Crippen LogP contribution < -0.4 is 5.32 Å². The van der Waals surface area contributed by atoms with E-state index in [1.165, 1.54) is 12.1 Å². The molecule has 2 aromatic rings. The number of phenols is 1. The minimum atomic E-state index is -4.87. The van der Waals surface area contributed by atoms with E-state index in [0.29, 0.717) is 12.1 Å². The van der Waals surface area contributed by atoms with Gasteiger partial charge in [0.15, 0.2) is 0 Å². The second-order valence-corrected chi connectivity index (χ2v) is 6.98. The second kappa shape index (κ2) is 6.79. The van der Waals surface area contributed by atoms with Gasteiger partial charge in [0.25, 0.3) is 16.0 Å². The molecule has 1 amide bonds. The van der Waals surface area contributed by atoms with Crippen molar-refractivity contribution in [2.75, 3.05) is 5.32 Å². The van der Waals surface area contributed by atoms with Crippen molar-refractivity contribution >= 4 is 38.9 Å². The van der Waals surface area contributed by atoms with Crippen molar-refractivity contribution in [3.8, 4) is 5.75 Å². The molecule has 0 saturated carbocycles. The summed E-state index contributed by atoms with van der Waals surface area (Å²) in [6, 6.07) is 5.50. The summed E-state index contributed by atoms with van der Waals surface area (Å²) in [5.74, 6) is -2.58. The zero-order valence-corrected chi connectivity index (χ0v) is 14.5. The molecule has 3 N–H and O–H groups in total. The fraction of sp³-hybridized carbons (Fsp3) is 0.0667. The molecular weight excluding hydrogens is 396 g/mol. The molecule has 1 heterocycles. The Bertz CT molecular complexity index is 1160. The van der Waals surface area contributed by atoms with E-state index >= 15 is 0 Å². The largest absolute Gasteiger partial charge is 0.501 e. The van der Waals surface area contributed by atoms with Crippen molar-refractivity contribution in [1.29, 1.82) is 0 Å². The van der Waals surface area contributed by atoms with E-state index in [-0.39, 0.29) is 11.3 Å². The smallest absolute Gasteiger partial charge is 0.314 e. The molecule has 1 unspecified atom stereocenters. The summed E-state index contributed by atoms with van der Waals surface area (Å²) in [4.78, 5) is 33.5. The molecule has 144 valence electrons. The highest BCUT2D eigenvalue weighted by Gasteiger charge is 2.34. The number of nitrogens with one attached hydrogen (secondary N) is 1. The van der Waals surface area contributed by atoms with Crippen molar-refractivity contribution in [3.05, 3.63) is 52.1 Å². The van der Waals surface area contributed by atoms with Crippen LogP contribution in [0.5, 0.6) is 5.75 Å². The summed E-state index contributed by atoms with van der Waals surface area (Å²) < 4.78 is 31.7. The maximum atomic E-state index is 12.4. The quantitative estimate of drug-likeness (QED) is 0.225. The average molecular weight is 406 g/mol. The summed E-state index contributed by atoms with van der Waals surface area (Å²) in [7, 11) is -4.87. The lowest BCUT2D eigenvalue weighted by Gasteiger charge is -2.19. The molecule has 0 spiro atoms. The number of carbonyl (C=O) groups is 2. The summed E-state index contributed by atoms with van der Waals surface area (Å²) in [5.41, 5.74) is -1.35. The molecule has 1 aliphatic rings. The molecule has 1 atom stereocenters. The van der Waals surface area contributed by atoms with Crippen LogP contribution in [0.25, 0.3) is 0 Å². The third-order valence-corrected chi connectivity index (χ3v) is 4.60. The predicted molar refractivity (Wildman–Crippen MR) is 92.3 cm³/mol. The predicted octanol–water partition coefficient (Wildman–Crippen LogP) is 1.83. The summed E-state index contributed by atoms with van der Waals surface area (Å²) >= 11 is 0. The Hall–Kier alpha value is -3.71. The van der Waals surface area contributed by atoms with Gasteiger partial charge in [0.2, 0.25) is 17.6 Å². The number of benzene rings is 2. The third kappa shape index (κ3) is 3.43. The summed E-state index contributed by atoms with van der Waals surface area (Å²) in [6.45, 7) is 0. The number of nitro groups is 1. The Morgan fingerprint density at radius 3 is 2.50 bits per heavy atom. The molecule has 3 rings (SSSR count). The first-order valence-corrected chi connectivity index (χ1v) is 8.87. The molecule has 0 aliphatic carbocycles. The molecule has 28 heavy (non-hydrogen) atoms. The monoisotopic (exact) mass is 406 g/mol. The van der Waals surface area contributed by atoms with E-state index in [9.17, 15) is 33.2 Å². The number of nitro benzene ring substituents is 1. The van der Waals surface area contributed by atoms with Gasteiger partial charge in [0, 0.05) is 11.6 Å². The van der Waals surface area contributed by atoms with E-state index in [0.717, 1.165) is 0 Å². The van der Waals surface area contributed by atoms with E-state index < -0.39 is 54.8 Å². The molecule has 12 nitrogen and oxygen atoms in total. The Kier molecular flexibility index (Phi) is 4.62. The van der Waals surface area contributed by atoms with E-state index in [4.69, 9.17) is 4.55 Å². The number of Topliss-reactive ketones (excluding diaryl/α,β-unsaturated/α-hetero) is 1. The van der Waals surface area contributed by atoms with Gasteiger partial charge in [0.05, 0.1) is 10.6 Å². The number of hydrogen-bond donors (Lipinski definition) is 3. The number of ketones is 1. The van der Waals surface area contributed by atoms with Gasteiger partial charge in [-0.1, -0.05) is 12.1 Å². The van der Waals surface area contributed by atoms with Gasteiger partial charge >= 0.3 is 5.69 Å². The van der Waals surface area contributed by atoms with Gasteiger partial charge < -0.3 is 10.4 Å². The first-order chi connectivity index (χ1) is 13.1. The molecule has 2 aromatic carbocycles. The average Bonchev–Trinajstić information content (AvgIpc) is 2.61. The fourth-order valence-electron chi connectivity index (χ4n) is 2.44. The summed E-state index contributed by atoms with van der Waals surface area (Å²) in [5, 5.41) is 30.3. The molecular formula is C15H10N4O8S. The van der Waals surface area contributed by atoms with Crippen LogP contribution in [0.3, 0.4) is 0 Å². The second-order valence-electron chi connectivity index (χ2n) is 5.56. The lowest BCUT2D eigenvalue weighted by atomic mass is 9.98. The molecule has 0 aromatic heterocycles. The maximum absolute atomic E-state index is 12.4. The molecule has 0 fully saturated rings. The fourth-order valence-corrected chi connectivity index (χ4v) is 2.96. The standard InChI is InChI=1S/C15H10N4O8S/c20-13-8-3-1-2-4-9(8)16-15(22)12(13)18-17-10-5-7(28(25,26)27)6-11(14(10)21)19(23)24/h1-6,12,21H,(H,16,22)(H,25,26,27). The number of amides is 1. The van der Waals surface area contributed by atoms with E-state index in [2.05, 4.69) is 15.5 Å². The normalized spacial score (nSPS) is 16.7. The van der Waals surface area contributed by atoms with Crippen molar-refractivity contribution < 1.29 is 32.6 Å². The van der Waals surface area contributed by atoms with Crippen LogP contribution >= 0.6 is 0 Å². The first kappa shape index (κ1) is 19.1. The SMILES string of the molecule is O=C1Nc2ccccc2C(=O)C1N=Nc1cc(S(=O)(=O)O)cc([N+](=O)[O-])c1O. The third-order valence-electron chi connectivity index (χ3n) is 3.77. The number of fused-ring (bicyclic) bond motifs is 1. The molecule has 0 radical (unpaired) electrons. The number of para-hydroxylation sites is 1. The first-order valence-electron chi connectivity index (χ1n) is 7.43. The van der Waals surface area contributed by atoms with Crippen LogP contribution in [0.15, 0.2) is 51.5 Å². The Labute approximate surface area is 156 Å². The number of azo groups is 1. The van der Waals surface area contributed by atoms with Gasteiger partial charge in [-0.2, -0.15) is 18.6 Å². The van der Waals surface area contributed by atoms with Gasteiger partial charge in [-0.15, -0.1) is 0 Å². The summed E-state index contributed by atoms with van der Waals surface area (Å²) in [6.07, 6.45) is 0. The van der Waals surface area contributed by atoms with E-state index in [1.54, 1.807) is 12.1 Å². The minimum Gasteiger partial charge on any atom is -0.501 e.